The number of nitrogens with zero attached hydrogens (tertiary/aromatic N) is 2. The summed E-state index contributed by atoms with van der Waals surface area (Å²) in [4.78, 5) is 18.9. The normalized spacial score (nSPS) is 35.3. The number of ether oxygens (including phenoxy) is 2. The Bertz CT molecular complexity index is 1610. The molecular weight excluding hydrogens is 642 g/mol. The van der Waals surface area contributed by atoms with E-state index in [2.05, 4.69) is 46.4 Å². The summed E-state index contributed by atoms with van der Waals surface area (Å²) in [5, 5.41) is 0.550. The predicted octanol–water partition coefficient (Wildman–Crippen LogP) is 6.75. The minimum Gasteiger partial charge on any atom is -0.490 e. The molecule has 5 aliphatic rings. The summed E-state index contributed by atoms with van der Waals surface area (Å²) in [5.74, 6) is 6.53. The van der Waals surface area contributed by atoms with Crippen LogP contribution in [0.4, 0.5) is 5.69 Å². The average Bonchev–Trinajstić information content (AvgIpc) is 3.21. The Morgan fingerprint density at radius 3 is 2.65 bits per heavy atom. The summed E-state index contributed by atoms with van der Waals surface area (Å²) in [7, 11) is -2.87. The molecule has 8 atom stereocenters. The Labute approximate surface area is 293 Å². The number of fused-ring (bicyclic) bond motifs is 4. The van der Waals surface area contributed by atoms with Crippen LogP contribution in [0.1, 0.15) is 87.2 Å². The highest BCUT2D eigenvalue weighted by atomic mass is 35.5. The Balaban J connectivity index is 1.28. The van der Waals surface area contributed by atoms with Gasteiger partial charge in [0.1, 0.15) is 5.75 Å². The number of aryl methyl sites for hydroxylation is 1. The summed E-state index contributed by atoms with van der Waals surface area (Å²) < 4.78 is 29.3. The molecule has 1 spiro atoms. The summed E-state index contributed by atoms with van der Waals surface area (Å²) in [6.07, 6.45) is 8.86. The quantitative estimate of drug-likeness (QED) is 0.351. The molecule has 2 aromatic rings. The van der Waals surface area contributed by atoms with Crippen LogP contribution in [0, 0.1) is 23.7 Å². The Morgan fingerprint density at radius 1 is 1.06 bits per heavy atom. The number of halogens is 1. The van der Waals surface area contributed by atoms with Crippen molar-refractivity contribution in [3.63, 3.8) is 0 Å². The molecule has 262 valence electrons. The number of amides is 1. The number of hydrogen-bond donors (Lipinski definition) is 1. The predicted molar refractivity (Wildman–Crippen MR) is 197 cm³/mol. The molecule has 2 aliphatic carbocycles. The number of carbonyl (C=O) groups excluding carboxylic acids is 1. The third-order valence-electron chi connectivity index (χ3n) is 12.9. The average molecular weight is 696 g/mol. The van der Waals surface area contributed by atoms with Gasteiger partial charge in [0.05, 0.1) is 35.2 Å². The molecule has 2 aromatic carbocycles. The van der Waals surface area contributed by atoms with Gasteiger partial charge in [0.25, 0.3) is 5.91 Å². The van der Waals surface area contributed by atoms with E-state index >= 15 is 0 Å². The first kappa shape index (κ1) is 34.2. The number of rotatable bonds is 2. The van der Waals surface area contributed by atoms with Crippen molar-refractivity contribution in [2.45, 2.75) is 88.8 Å². The lowest BCUT2D eigenvalue weighted by molar-refractivity contribution is -0.0220. The molecular formula is C39H54ClN3O4S. The lowest BCUT2D eigenvalue weighted by Crippen LogP contribution is -2.52. The largest absolute Gasteiger partial charge is 0.490 e. The minimum atomic E-state index is -2.87. The van der Waals surface area contributed by atoms with Crippen molar-refractivity contribution in [1.29, 1.82) is 0 Å². The molecule has 3 aliphatic heterocycles. The SMILES string of the molecule is C=S1(=O)NC(=O)c2ccc3c(c2)N(C[C@@H]2CC[C@H]2[C@@H]([C@@H](C)N2CCOCC2)CCC[C@H](C)[C@H]1C)C[C@@]1(CCCc2cc(Cl)ccc21)CO3. The number of nitrogens with one attached hydrogen (secondary N) is 1. The van der Waals surface area contributed by atoms with E-state index in [1.807, 2.05) is 31.2 Å². The molecule has 7 nitrogen and oxygen atoms in total. The van der Waals surface area contributed by atoms with Crippen LogP contribution in [-0.2, 0) is 26.3 Å². The van der Waals surface area contributed by atoms with Gasteiger partial charge in [0, 0.05) is 53.5 Å². The van der Waals surface area contributed by atoms with Gasteiger partial charge in [-0.1, -0.05) is 31.0 Å². The second-order valence-electron chi connectivity index (χ2n) is 15.6. The van der Waals surface area contributed by atoms with Crippen LogP contribution in [0.15, 0.2) is 36.4 Å². The van der Waals surface area contributed by atoms with Crippen LogP contribution in [-0.4, -0.2) is 78.2 Å². The number of morpholine rings is 1. The summed E-state index contributed by atoms with van der Waals surface area (Å²) in [6, 6.07) is 12.6. The molecule has 48 heavy (non-hydrogen) atoms. The third kappa shape index (κ3) is 6.63. The topological polar surface area (TPSA) is 71.1 Å². The number of benzene rings is 2. The molecule has 1 unspecified atom stereocenters. The second-order valence-corrected chi connectivity index (χ2v) is 18.4. The van der Waals surface area contributed by atoms with Crippen molar-refractivity contribution in [2.75, 3.05) is 50.9 Å². The highest BCUT2D eigenvalue weighted by Gasteiger charge is 2.46. The van der Waals surface area contributed by atoms with Crippen molar-refractivity contribution in [3.05, 3.63) is 58.1 Å². The van der Waals surface area contributed by atoms with E-state index in [1.54, 1.807) is 0 Å². The lowest BCUT2D eigenvalue weighted by atomic mass is 9.63. The van der Waals surface area contributed by atoms with Crippen molar-refractivity contribution in [1.82, 2.24) is 9.62 Å². The molecule has 1 N–H and O–H groups in total. The van der Waals surface area contributed by atoms with E-state index in [1.165, 1.54) is 24.0 Å². The molecule has 2 fully saturated rings. The van der Waals surface area contributed by atoms with Crippen molar-refractivity contribution in [2.24, 2.45) is 23.7 Å². The smallest absolute Gasteiger partial charge is 0.262 e. The molecule has 3 heterocycles. The zero-order valence-electron chi connectivity index (χ0n) is 29.1. The van der Waals surface area contributed by atoms with E-state index in [0.717, 1.165) is 94.4 Å². The van der Waals surface area contributed by atoms with E-state index < -0.39 is 9.71 Å². The number of anilines is 1. The molecule has 2 bridgehead atoms. The zero-order chi connectivity index (χ0) is 33.6. The first-order valence-corrected chi connectivity index (χ1v) is 20.5. The van der Waals surface area contributed by atoms with Gasteiger partial charge in [-0.2, -0.15) is 0 Å². The summed E-state index contributed by atoms with van der Waals surface area (Å²) in [6.45, 7) is 12.6. The maximum Gasteiger partial charge on any atom is 0.262 e. The molecule has 1 amide bonds. The van der Waals surface area contributed by atoms with Gasteiger partial charge in [-0.05, 0) is 130 Å². The standard InChI is InChI=1S/C39H54ClN3O4S/c1-26-7-5-9-33(27(2)42-17-19-46-20-18-42)34-13-10-31(34)23-43-24-39(16-6-8-29-21-32(40)12-14-35(29)39)25-47-37-15-11-30(22-36(37)43)38(44)41-48(4,45)28(26)3/h11-12,14-15,21-22,26-28,31,33-34H,4-10,13,16-20,23-25H2,1-3H3,(H,41,44,45)/t26-,27+,28+,31-,33+,34+,39-,48?/m0/s1. The van der Waals surface area contributed by atoms with Crippen LogP contribution in [0.2, 0.25) is 5.02 Å². The Kier molecular flexibility index (Phi) is 9.84. The number of hydrogen-bond acceptors (Lipinski definition) is 6. The van der Waals surface area contributed by atoms with Gasteiger partial charge in [-0.25, -0.2) is 4.21 Å². The fourth-order valence-electron chi connectivity index (χ4n) is 9.59. The van der Waals surface area contributed by atoms with E-state index in [4.69, 9.17) is 21.1 Å². The Morgan fingerprint density at radius 2 is 1.88 bits per heavy atom. The first-order chi connectivity index (χ1) is 23.0. The maximum atomic E-state index is 13.9. The van der Waals surface area contributed by atoms with Crippen LogP contribution >= 0.6 is 11.6 Å². The maximum absolute atomic E-state index is 13.9. The van der Waals surface area contributed by atoms with Crippen LogP contribution < -0.4 is 14.4 Å². The first-order valence-electron chi connectivity index (χ1n) is 18.4. The minimum absolute atomic E-state index is 0.173. The Hall–Kier alpha value is -2.26. The highest BCUT2D eigenvalue weighted by molar-refractivity contribution is 7.99. The van der Waals surface area contributed by atoms with Gasteiger partial charge in [0.2, 0.25) is 0 Å². The molecule has 7 rings (SSSR count). The van der Waals surface area contributed by atoms with Gasteiger partial charge < -0.3 is 14.4 Å². The zero-order valence-corrected chi connectivity index (χ0v) is 30.6. The van der Waals surface area contributed by atoms with Gasteiger partial charge >= 0.3 is 0 Å². The van der Waals surface area contributed by atoms with Crippen molar-refractivity contribution < 1.29 is 18.5 Å². The van der Waals surface area contributed by atoms with Gasteiger partial charge in [-0.15, -0.1) is 0 Å². The highest BCUT2D eigenvalue weighted by Crippen LogP contribution is 2.49. The van der Waals surface area contributed by atoms with E-state index in [0.29, 0.717) is 36.0 Å². The fraction of sp³-hybridized carbons (Fsp3) is 0.641. The van der Waals surface area contributed by atoms with Crippen molar-refractivity contribution in [3.8, 4) is 5.75 Å². The van der Waals surface area contributed by atoms with Crippen molar-refractivity contribution >= 4 is 38.8 Å². The monoisotopic (exact) mass is 695 g/mol. The molecule has 1 saturated carbocycles. The van der Waals surface area contributed by atoms with Crippen LogP contribution in [0.5, 0.6) is 5.75 Å². The van der Waals surface area contributed by atoms with E-state index in [-0.39, 0.29) is 22.5 Å². The molecule has 1 saturated heterocycles. The van der Waals surface area contributed by atoms with Crippen LogP contribution in [0.25, 0.3) is 0 Å². The lowest BCUT2D eigenvalue weighted by Gasteiger charge is -2.50. The van der Waals surface area contributed by atoms with Gasteiger partial charge in [0.15, 0.2) is 0 Å². The third-order valence-corrected chi connectivity index (χ3v) is 15.3. The summed E-state index contributed by atoms with van der Waals surface area (Å²) >= 11 is 6.50. The molecule has 0 radical (unpaired) electrons. The summed E-state index contributed by atoms with van der Waals surface area (Å²) in [5.41, 5.74) is 3.97. The second kappa shape index (κ2) is 13.8. The molecule has 0 aromatic heterocycles. The fourth-order valence-corrected chi connectivity index (χ4v) is 11.3. The van der Waals surface area contributed by atoms with Gasteiger partial charge in [-0.3, -0.25) is 14.4 Å². The number of carbonyl (C=O) groups is 1. The molecule has 9 heteroatoms. The van der Waals surface area contributed by atoms with E-state index in [9.17, 15) is 9.00 Å². The van der Waals surface area contributed by atoms with Crippen LogP contribution in [0.3, 0.4) is 0 Å².